The summed E-state index contributed by atoms with van der Waals surface area (Å²) >= 11 is 0. The molecular weight excluding hydrogens is 437 g/mol. The summed E-state index contributed by atoms with van der Waals surface area (Å²) in [5, 5.41) is 4.19. The molecular formula is C26H25BrNP. The molecule has 0 unspecified atom stereocenters. The lowest BCUT2D eigenvalue weighted by molar-refractivity contribution is -0.00000573. The van der Waals surface area contributed by atoms with E-state index in [1.807, 2.05) is 0 Å². The second-order valence-corrected chi connectivity index (χ2v) is 10.7. The first-order valence-electron chi connectivity index (χ1n) is 9.68. The second kappa shape index (κ2) is 9.48. The fraction of sp³-hybridized carbons (Fsp3) is 0.115. The molecule has 146 valence electrons. The monoisotopic (exact) mass is 461 g/mol. The lowest BCUT2D eigenvalue weighted by Gasteiger charge is -2.27. The lowest BCUT2D eigenvalue weighted by Crippen LogP contribution is -3.00. The van der Waals surface area contributed by atoms with E-state index < -0.39 is 7.26 Å². The van der Waals surface area contributed by atoms with Crippen molar-refractivity contribution >= 4 is 23.2 Å². The van der Waals surface area contributed by atoms with Crippen LogP contribution in [0.2, 0.25) is 0 Å². The minimum Gasteiger partial charge on any atom is -1.00 e. The largest absolute Gasteiger partial charge is 1.00 e. The van der Waals surface area contributed by atoms with E-state index in [0.29, 0.717) is 0 Å². The summed E-state index contributed by atoms with van der Waals surface area (Å²) in [6.45, 7) is 4.23. The summed E-state index contributed by atoms with van der Waals surface area (Å²) in [7, 11) is -1.87. The molecule has 4 aromatic rings. The third-order valence-electron chi connectivity index (χ3n) is 5.40. The Balaban J connectivity index is 0.00000240. The normalized spacial score (nSPS) is 11.0. The zero-order valence-electron chi connectivity index (χ0n) is 16.8. The molecule has 0 aliphatic carbocycles. The van der Waals surface area contributed by atoms with Crippen molar-refractivity contribution in [2.24, 2.45) is 0 Å². The highest BCUT2D eigenvalue weighted by atomic mass is 79.9. The zero-order valence-corrected chi connectivity index (χ0v) is 19.3. The summed E-state index contributed by atoms with van der Waals surface area (Å²) in [6.07, 6.45) is 0.923. The highest BCUT2D eigenvalue weighted by molar-refractivity contribution is 7.95. The molecule has 3 aromatic carbocycles. The van der Waals surface area contributed by atoms with Crippen molar-refractivity contribution in [2.75, 3.05) is 0 Å². The highest BCUT2D eigenvalue weighted by Crippen LogP contribution is 2.57. The first-order chi connectivity index (χ1) is 13.7. The van der Waals surface area contributed by atoms with E-state index >= 15 is 0 Å². The molecule has 3 heteroatoms. The molecule has 0 fully saturated rings. The van der Waals surface area contributed by atoms with Gasteiger partial charge in [0.25, 0.3) is 0 Å². The first-order valence-corrected chi connectivity index (χ1v) is 11.7. The van der Waals surface area contributed by atoms with Gasteiger partial charge in [-0.3, -0.25) is 4.98 Å². The van der Waals surface area contributed by atoms with Crippen LogP contribution in [-0.4, -0.2) is 4.98 Å². The predicted molar refractivity (Wildman–Crippen MR) is 123 cm³/mol. The van der Waals surface area contributed by atoms with Crippen LogP contribution in [0.25, 0.3) is 0 Å². The number of aryl methyl sites for hydroxylation is 2. The van der Waals surface area contributed by atoms with Crippen LogP contribution >= 0.6 is 7.26 Å². The first kappa shape index (κ1) is 21.4. The van der Waals surface area contributed by atoms with Gasteiger partial charge >= 0.3 is 0 Å². The fourth-order valence-corrected chi connectivity index (χ4v) is 7.93. The Morgan fingerprint density at radius 1 is 0.586 bits per heavy atom. The van der Waals surface area contributed by atoms with Crippen LogP contribution in [0.3, 0.4) is 0 Å². The SMILES string of the molecule is Cc1ccc(C[P+](c2ccccc2)(c2ccccc2)c2ccccc2)nc1C.[Br-]. The number of pyridine rings is 1. The molecule has 1 heterocycles. The zero-order chi connectivity index (χ0) is 19.4. The van der Waals surface area contributed by atoms with Gasteiger partial charge in [0.2, 0.25) is 0 Å². The molecule has 0 saturated heterocycles. The summed E-state index contributed by atoms with van der Waals surface area (Å²) in [6, 6.07) is 37.4. The Kier molecular flexibility index (Phi) is 7.00. The van der Waals surface area contributed by atoms with Gasteiger partial charge in [-0.05, 0) is 61.9 Å². The van der Waals surface area contributed by atoms with Gasteiger partial charge in [-0.25, -0.2) is 0 Å². The highest BCUT2D eigenvalue weighted by Gasteiger charge is 2.45. The number of hydrogen-bond donors (Lipinski definition) is 0. The molecule has 29 heavy (non-hydrogen) atoms. The fourth-order valence-electron chi connectivity index (χ4n) is 3.78. The van der Waals surface area contributed by atoms with E-state index in [9.17, 15) is 0 Å². The van der Waals surface area contributed by atoms with Gasteiger partial charge in [-0.1, -0.05) is 60.7 Å². The molecule has 0 atom stereocenters. The van der Waals surface area contributed by atoms with Crippen molar-refractivity contribution in [3.63, 3.8) is 0 Å². The molecule has 0 spiro atoms. The van der Waals surface area contributed by atoms with Gasteiger partial charge < -0.3 is 17.0 Å². The van der Waals surface area contributed by atoms with Crippen molar-refractivity contribution in [2.45, 2.75) is 20.0 Å². The Bertz CT molecular complexity index is 953. The van der Waals surface area contributed by atoms with E-state index in [1.165, 1.54) is 21.5 Å². The van der Waals surface area contributed by atoms with Gasteiger partial charge in [0.15, 0.2) is 0 Å². The number of hydrogen-bond acceptors (Lipinski definition) is 1. The summed E-state index contributed by atoms with van der Waals surface area (Å²) in [4.78, 5) is 4.96. The molecule has 0 amide bonds. The minimum atomic E-state index is -1.87. The van der Waals surface area contributed by atoms with Crippen LogP contribution in [0.4, 0.5) is 0 Å². The molecule has 0 aliphatic heterocycles. The van der Waals surface area contributed by atoms with Crippen LogP contribution in [0, 0.1) is 13.8 Å². The standard InChI is InChI=1S/C26H25NP.BrH/c1-21-18-19-23(27-22(21)2)20-28(24-12-6-3-7-13-24,25-14-8-4-9-15-25)26-16-10-5-11-17-26;/h3-19H,20H2,1-2H3;1H/q+1;/p-1. The van der Waals surface area contributed by atoms with Crippen LogP contribution in [-0.2, 0) is 6.16 Å². The van der Waals surface area contributed by atoms with Crippen molar-refractivity contribution in [1.29, 1.82) is 0 Å². The van der Waals surface area contributed by atoms with E-state index in [0.717, 1.165) is 17.5 Å². The van der Waals surface area contributed by atoms with Gasteiger partial charge in [0, 0.05) is 5.69 Å². The molecule has 0 N–H and O–H groups in total. The Labute approximate surface area is 185 Å². The van der Waals surface area contributed by atoms with Crippen LogP contribution < -0.4 is 32.9 Å². The maximum atomic E-state index is 4.96. The summed E-state index contributed by atoms with van der Waals surface area (Å²) < 4.78 is 0. The van der Waals surface area contributed by atoms with Gasteiger partial charge in [0.05, 0.1) is 5.69 Å². The van der Waals surface area contributed by atoms with Gasteiger partial charge in [-0.2, -0.15) is 0 Å². The second-order valence-electron chi connectivity index (χ2n) is 7.18. The average molecular weight is 462 g/mol. The smallest absolute Gasteiger partial charge is 0.118 e. The van der Waals surface area contributed by atoms with Crippen molar-refractivity contribution in [1.82, 2.24) is 4.98 Å². The molecule has 1 nitrogen and oxygen atoms in total. The maximum absolute atomic E-state index is 4.96. The molecule has 0 aliphatic rings. The van der Waals surface area contributed by atoms with Crippen molar-refractivity contribution in [3.05, 3.63) is 120 Å². The van der Waals surface area contributed by atoms with Crippen molar-refractivity contribution < 1.29 is 17.0 Å². The lowest BCUT2D eigenvalue weighted by atomic mass is 10.2. The number of rotatable bonds is 5. The summed E-state index contributed by atoms with van der Waals surface area (Å²) in [5.74, 6) is 0. The van der Waals surface area contributed by atoms with Gasteiger partial charge in [0.1, 0.15) is 29.3 Å². The molecule has 0 saturated carbocycles. The topological polar surface area (TPSA) is 12.9 Å². The van der Waals surface area contributed by atoms with Crippen LogP contribution in [0.1, 0.15) is 17.0 Å². The third-order valence-corrected chi connectivity index (χ3v) is 9.74. The molecule has 0 radical (unpaired) electrons. The van der Waals surface area contributed by atoms with Gasteiger partial charge in [-0.15, -0.1) is 0 Å². The minimum absolute atomic E-state index is 0. The molecule has 1 aromatic heterocycles. The maximum Gasteiger partial charge on any atom is 0.118 e. The summed E-state index contributed by atoms with van der Waals surface area (Å²) in [5.41, 5.74) is 3.52. The quantitative estimate of drug-likeness (QED) is 0.415. The van der Waals surface area contributed by atoms with E-state index in [-0.39, 0.29) is 17.0 Å². The number of aromatic nitrogens is 1. The van der Waals surface area contributed by atoms with Crippen LogP contribution in [0.15, 0.2) is 103 Å². The number of nitrogens with zero attached hydrogens (tertiary/aromatic N) is 1. The predicted octanol–water partition coefficient (Wildman–Crippen LogP) is 2.20. The number of benzene rings is 3. The molecule has 4 rings (SSSR count). The van der Waals surface area contributed by atoms with Crippen molar-refractivity contribution in [3.8, 4) is 0 Å². The van der Waals surface area contributed by atoms with E-state index in [2.05, 4.69) is 117 Å². The van der Waals surface area contributed by atoms with E-state index in [1.54, 1.807) is 0 Å². The Hall–Kier alpha value is -2.28. The number of halogens is 1. The Morgan fingerprint density at radius 2 is 1.00 bits per heavy atom. The third kappa shape index (κ3) is 4.34. The van der Waals surface area contributed by atoms with E-state index in [4.69, 9.17) is 4.98 Å². The Morgan fingerprint density at radius 3 is 1.38 bits per heavy atom. The van der Waals surface area contributed by atoms with Crippen LogP contribution in [0.5, 0.6) is 0 Å². The molecule has 0 bridgehead atoms. The average Bonchev–Trinajstić information content (AvgIpc) is 2.76.